The second-order valence-electron chi connectivity index (χ2n) is 10.6. The highest BCUT2D eigenvalue weighted by Gasteiger charge is 2.19. The van der Waals surface area contributed by atoms with Gasteiger partial charge >= 0.3 is 0 Å². The van der Waals surface area contributed by atoms with E-state index in [-0.39, 0.29) is 0 Å². The zero-order valence-electron chi connectivity index (χ0n) is 23.4. The molecule has 0 saturated heterocycles. The summed E-state index contributed by atoms with van der Waals surface area (Å²) in [6.45, 7) is 4.46. The van der Waals surface area contributed by atoms with Crippen LogP contribution in [0.25, 0.3) is 61.4 Å². The molecular formula is C38H31N3. The van der Waals surface area contributed by atoms with Gasteiger partial charge in [-0.05, 0) is 59.9 Å². The number of para-hydroxylation sites is 1. The SMILES string of the molecule is CCCc1ccccc1-c1cc2c3ccccc3n(-c3nc(-c4ccccc4)cc(-c4ccccc4)n3)c2cc1C. The molecule has 0 spiro atoms. The van der Waals surface area contributed by atoms with Crippen molar-refractivity contribution in [1.82, 2.24) is 14.5 Å². The predicted molar refractivity (Wildman–Crippen MR) is 171 cm³/mol. The van der Waals surface area contributed by atoms with Crippen molar-refractivity contribution in [3.63, 3.8) is 0 Å². The molecule has 198 valence electrons. The van der Waals surface area contributed by atoms with Gasteiger partial charge in [0.05, 0.1) is 22.4 Å². The molecule has 7 aromatic rings. The number of hydrogen-bond donors (Lipinski definition) is 0. The third kappa shape index (κ3) is 4.50. The summed E-state index contributed by atoms with van der Waals surface area (Å²) >= 11 is 0. The molecule has 0 atom stereocenters. The minimum atomic E-state index is 0.676. The average Bonchev–Trinajstić information content (AvgIpc) is 3.35. The number of aromatic nitrogens is 3. The average molecular weight is 530 g/mol. The number of aryl methyl sites for hydroxylation is 2. The molecule has 0 aliphatic heterocycles. The first-order valence-electron chi connectivity index (χ1n) is 14.3. The van der Waals surface area contributed by atoms with Crippen LogP contribution in [0.5, 0.6) is 0 Å². The van der Waals surface area contributed by atoms with Crippen LogP contribution in [0.4, 0.5) is 0 Å². The van der Waals surface area contributed by atoms with Gasteiger partial charge in [0.15, 0.2) is 0 Å². The predicted octanol–water partition coefficient (Wildman–Crippen LogP) is 9.84. The number of rotatable bonds is 6. The van der Waals surface area contributed by atoms with Gasteiger partial charge in [-0.2, -0.15) is 0 Å². The van der Waals surface area contributed by atoms with Crippen molar-refractivity contribution in [1.29, 1.82) is 0 Å². The fraction of sp³-hybridized carbons (Fsp3) is 0.105. The van der Waals surface area contributed by atoms with Gasteiger partial charge in [-0.15, -0.1) is 0 Å². The lowest BCUT2D eigenvalue weighted by molar-refractivity contribution is 0.923. The summed E-state index contributed by atoms with van der Waals surface area (Å²) in [5.74, 6) is 0.676. The Morgan fingerprint density at radius 2 is 1.17 bits per heavy atom. The van der Waals surface area contributed by atoms with Gasteiger partial charge in [-0.1, -0.05) is 116 Å². The Kier molecular flexibility index (Phi) is 6.41. The minimum absolute atomic E-state index is 0.676. The molecule has 3 nitrogen and oxygen atoms in total. The summed E-state index contributed by atoms with van der Waals surface area (Å²) in [6.07, 6.45) is 2.19. The van der Waals surface area contributed by atoms with E-state index in [0.717, 1.165) is 46.4 Å². The molecule has 3 heteroatoms. The number of benzene rings is 5. The van der Waals surface area contributed by atoms with Gasteiger partial charge in [0.25, 0.3) is 0 Å². The van der Waals surface area contributed by atoms with Crippen LogP contribution in [0.2, 0.25) is 0 Å². The lowest BCUT2D eigenvalue weighted by Gasteiger charge is -2.14. The smallest absolute Gasteiger partial charge is 0.235 e. The first-order chi connectivity index (χ1) is 20.2. The summed E-state index contributed by atoms with van der Waals surface area (Å²) in [7, 11) is 0. The Morgan fingerprint density at radius 3 is 1.85 bits per heavy atom. The van der Waals surface area contributed by atoms with Gasteiger partial charge in [-0.25, -0.2) is 9.97 Å². The zero-order valence-corrected chi connectivity index (χ0v) is 23.4. The van der Waals surface area contributed by atoms with Crippen molar-refractivity contribution < 1.29 is 0 Å². The summed E-state index contributed by atoms with van der Waals surface area (Å²) in [5, 5.41) is 2.41. The van der Waals surface area contributed by atoms with E-state index in [4.69, 9.17) is 9.97 Å². The van der Waals surface area contributed by atoms with Gasteiger partial charge < -0.3 is 0 Å². The third-order valence-corrected chi connectivity index (χ3v) is 7.90. The first-order valence-corrected chi connectivity index (χ1v) is 14.3. The maximum absolute atomic E-state index is 5.17. The lowest BCUT2D eigenvalue weighted by atomic mass is 9.92. The molecular weight excluding hydrogens is 498 g/mol. The lowest BCUT2D eigenvalue weighted by Crippen LogP contribution is -2.04. The Balaban J connectivity index is 1.52. The summed E-state index contributed by atoms with van der Waals surface area (Å²) < 4.78 is 2.23. The molecule has 41 heavy (non-hydrogen) atoms. The van der Waals surface area contributed by atoms with Crippen LogP contribution in [0.1, 0.15) is 24.5 Å². The van der Waals surface area contributed by atoms with Crippen LogP contribution >= 0.6 is 0 Å². The minimum Gasteiger partial charge on any atom is -0.278 e. The van der Waals surface area contributed by atoms with Crippen LogP contribution in [0.3, 0.4) is 0 Å². The summed E-state index contributed by atoms with van der Waals surface area (Å²) in [4.78, 5) is 10.3. The van der Waals surface area contributed by atoms with Gasteiger partial charge in [0.2, 0.25) is 5.95 Å². The number of nitrogens with zero attached hydrogens (tertiary/aromatic N) is 3. The van der Waals surface area contributed by atoms with E-state index in [0.29, 0.717) is 5.95 Å². The number of fused-ring (bicyclic) bond motifs is 3. The molecule has 0 aliphatic carbocycles. The number of hydrogen-bond acceptors (Lipinski definition) is 2. The van der Waals surface area contributed by atoms with E-state index < -0.39 is 0 Å². The fourth-order valence-electron chi connectivity index (χ4n) is 5.94. The molecule has 0 fully saturated rings. The van der Waals surface area contributed by atoms with E-state index >= 15 is 0 Å². The summed E-state index contributed by atoms with van der Waals surface area (Å²) in [6, 6.07) is 44.9. The zero-order chi connectivity index (χ0) is 27.8. The van der Waals surface area contributed by atoms with Crippen LogP contribution < -0.4 is 0 Å². The van der Waals surface area contributed by atoms with Crippen molar-refractivity contribution in [3.8, 4) is 39.6 Å². The van der Waals surface area contributed by atoms with Crippen molar-refractivity contribution >= 4 is 21.8 Å². The van der Waals surface area contributed by atoms with Crippen LogP contribution in [-0.4, -0.2) is 14.5 Å². The quantitative estimate of drug-likeness (QED) is 0.215. The molecule has 0 unspecified atom stereocenters. The normalized spacial score (nSPS) is 11.4. The standard InChI is InChI=1S/C38H31N3/c1-3-14-27-15-10-11-20-30(27)32-24-33-31-21-12-13-22-36(31)41(37(33)23-26(32)2)38-39-34(28-16-6-4-7-17-28)25-35(40-38)29-18-8-5-9-19-29/h4-13,15-25H,3,14H2,1-2H3. The molecule has 0 bridgehead atoms. The molecule has 7 rings (SSSR count). The highest BCUT2D eigenvalue weighted by molar-refractivity contribution is 6.10. The van der Waals surface area contributed by atoms with Crippen LogP contribution in [0.15, 0.2) is 127 Å². The molecule has 0 amide bonds. The summed E-state index contributed by atoms with van der Waals surface area (Å²) in [5.41, 5.74) is 11.4. The maximum atomic E-state index is 5.17. The Labute approximate surface area is 240 Å². The highest BCUT2D eigenvalue weighted by atomic mass is 15.2. The topological polar surface area (TPSA) is 30.7 Å². The fourth-order valence-corrected chi connectivity index (χ4v) is 5.94. The van der Waals surface area contributed by atoms with Crippen LogP contribution in [-0.2, 0) is 6.42 Å². The van der Waals surface area contributed by atoms with Crippen molar-refractivity contribution in [2.75, 3.05) is 0 Å². The van der Waals surface area contributed by atoms with E-state index in [9.17, 15) is 0 Å². The van der Waals surface area contributed by atoms with Gasteiger partial charge in [0, 0.05) is 21.9 Å². The molecule has 2 heterocycles. The van der Waals surface area contributed by atoms with Gasteiger partial charge in [0.1, 0.15) is 0 Å². The van der Waals surface area contributed by atoms with Crippen molar-refractivity contribution in [3.05, 3.63) is 139 Å². The van der Waals surface area contributed by atoms with E-state index in [1.807, 2.05) is 12.1 Å². The van der Waals surface area contributed by atoms with E-state index in [2.05, 4.69) is 134 Å². The molecule has 2 aromatic heterocycles. The molecule has 0 radical (unpaired) electrons. The third-order valence-electron chi connectivity index (χ3n) is 7.90. The monoisotopic (exact) mass is 529 g/mol. The Hall–Kier alpha value is -5.02. The second kappa shape index (κ2) is 10.5. The Bertz CT molecular complexity index is 1950. The largest absolute Gasteiger partial charge is 0.278 e. The highest BCUT2D eigenvalue weighted by Crippen LogP contribution is 2.38. The first kappa shape index (κ1) is 25.0. The maximum Gasteiger partial charge on any atom is 0.235 e. The van der Waals surface area contributed by atoms with Crippen LogP contribution in [0, 0.1) is 6.92 Å². The molecule has 0 aliphatic rings. The van der Waals surface area contributed by atoms with Gasteiger partial charge in [-0.3, -0.25) is 4.57 Å². The molecule has 0 saturated carbocycles. The van der Waals surface area contributed by atoms with E-state index in [1.54, 1.807) is 0 Å². The van der Waals surface area contributed by atoms with Crippen molar-refractivity contribution in [2.45, 2.75) is 26.7 Å². The van der Waals surface area contributed by atoms with Crippen molar-refractivity contribution in [2.24, 2.45) is 0 Å². The second-order valence-corrected chi connectivity index (χ2v) is 10.6. The van der Waals surface area contributed by atoms with E-state index in [1.165, 1.54) is 33.0 Å². The molecule has 5 aromatic carbocycles. The Morgan fingerprint density at radius 1 is 0.561 bits per heavy atom. The molecule has 0 N–H and O–H groups in total.